The van der Waals surface area contributed by atoms with E-state index < -0.39 is 40.1 Å². The second-order valence-electron chi connectivity index (χ2n) is 13.8. The van der Waals surface area contributed by atoms with Crippen molar-refractivity contribution in [1.29, 1.82) is 0 Å². The number of carboxylic acid groups (broad SMARTS) is 2. The van der Waals surface area contributed by atoms with Gasteiger partial charge in [0.15, 0.2) is 0 Å². The Morgan fingerprint density at radius 2 is 0.918 bits per heavy atom. The van der Waals surface area contributed by atoms with Gasteiger partial charge in [-0.15, -0.1) is 0 Å². The van der Waals surface area contributed by atoms with Gasteiger partial charge in [-0.3, -0.25) is 14.4 Å². The number of rotatable bonds is 15. The van der Waals surface area contributed by atoms with Crippen molar-refractivity contribution < 1.29 is 57.9 Å². The maximum Gasteiger partial charge on any atom is 0.333 e. The lowest BCUT2D eigenvalue weighted by Gasteiger charge is -2.38. The van der Waals surface area contributed by atoms with E-state index in [1.54, 1.807) is 41.5 Å². The van der Waals surface area contributed by atoms with Gasteiger partial charge in [-0.25, -0.2) is 14.4 Å². The van der Waals surface area contributed by atoms with E-state index >= 15 is 0 Å². The minimum atomic E-state index is -1.30. The molecule has 0 saturated carbocycles. The molecule has 12 nitrogen and oxygen atoms in total. The third-order valence-corrected chi connectivity index (χ3v) is 7.81. The van der Waals surface area contributed by atoms with E-state index in [1.165, 1.54) is 21.1 Å². The summed E-state index contributed by atoms with van der Waals surface area (Å²) in [6.07, 6.45) is 0.519. The number of aliphatic carboxylic acids is 2. The SMILES string of the molecule is C.C.C.C.C.C.C=C(C)C(=O)O.C=C(C)C(=O)OC.C=C(C)C(=O)OCc1ccccc1.CCC(C)(CC(C)(CC(C)(C)C(=O)OC)C(=O)O)C(=O)OCc1ccccc1.[PH2-]. The zero-order valence-electron chi connectivity index (χ0n) is 34.0. The summed E-state index contributed by atoms with van der Waals surface area (Å²) in [5.74, 6) is -3.61. The predicted molar refractivity (Wildman–Crippen MR) is 256 cm³/mol. The molecular weight excluding hydrogens is 799 g/mol. The fraction of sp³-hybridized carbons (Fsp3) is 0.500. The van der Waals surface area contributed by atoms with Gasteiger partial charge in [-0.1, -0.05) is 132 Å². The number of ether oxygens (including phenoxy) is 4. The Morgan fingerprint density at radius 3 is 1.18 bits per heavy atom. The van der Waals surface area contributed by atoms with Gasteiger partial charge >= 0.3 is 35.8 Å². The van der Waals surface area contributed by atoms with E-state index in [-0.39, 0.29) is 91.4 Å². The third-order valence-electron chi connectivity index (χ3n) is 7.81. The maximum atomic E-state index is 12.8. The fourth-order valence-electron chi connectivity index (χ4n) is 4.66. The number of carbonyl (C=O) groups is 6. The van der Waals surface area contributed by atoms with Gasteiger partial charge in [0.25, 0.3) is 0 Å². The van der Waals surface area contributed by atoms with Crippen LogP contribution in [0.1, 0.15) is 130 Å². The first-order chi connectivity index (χ1) is 24.9. The standard InChI is InChI=1S/C22H32O6.C11H12O2.C5H8O2.C4H6O2.6CH4.H2P/c1-7-21(4,19(26)28-13-16-11-9-8-10-12-16)15-22(5,17(23)24)14-20(2,3)18(25)27-6;1-9(2)11(12)13-8-10-6-4-3-5-7-10;1-4(2)5(6)7-3;1-3(2)4(5)6;;;;;;;/h8-12H,7,13-15H2,1-6H3,(H,23,24);3-7H,1,8H2,2H3;1H2,2-3H3;1H2,2H3,(H,5,6);6*1H4;1H2/q;;;;;;;;;;-1. The Hall–Kier alpha value is -5.09. The second-order valence-corrected chi connectivity index (χ2v) is 13.8. The highest BCUT2D eigenvalue weighted by molar-refractivity contribution is 6.92. The highest BCUT2D eigenvalue weighted by Gasteiger charge is 2.49. The van der Waals surface area contributed by atoms with Crippen molar-refractivity contribution in [3.63, 3.8) is 0 Å². The van der Waals surface area contributed by atoms with Gasteiger partial charge in [0.1, 0.15) is 13.2 Å². The van der Waals surface area contributed by atoms with Crippen LogP contribution in [0.2, 0.25) is 0 Å². The van der Waals surface area contributed by atoms with E-state index in [4.69, 9.17) is 19.3 Å². The number of esters is 4. The van der Waals surface area contributed by atoms with Crippen LogP contribution in [0.25, 0.3) is 0 Å². The molecule has 0 aliphatic rings. The van der Waals surface area contributed by atoms with Crippen LogP contribution in [0, 0.1) is 16.2 Å². The summed E-state index contributed by atoms with van der Waals surface area (Å²) >= 11 is 0. The normalized spacial score (nSPS) is 10.9. The molecule has 2 aromatic carbocycles. The summed E-state index contributed by atoms with van der Waals surface area (Å²) in [5.41, 5.74) is -0.403. The van der Waals surface area contributed by atoms with Gasteiger partial charge in [-0.2, -0.15) is 0 Å². The average molecular weight is 884 g/mol. The summed E-state index contributed by atoms with van der Waals surface area (Å²) in [4.78, 5) is 67.8. The molecule has 0 heterocycles. The van der Waals surface area contributed by atoms with Crippen LogP contribution in [-0.4, -0.2) is 60.2 Å². The Bertz CT molecular complexity index is 1570. The van der Waals surface area contributed by atoms with Gasteiger partial charge < -0.3 is 39.1 Å². The fourth-order valence-corrected chi connectivity index (χ4v) is 4.66. The smallest absolute Gasteiger partial charge is 0.333 e. The summed E-state index contributed by atoms with van der Waals surface area (Å²) in [5, 5.41) is 17.8. The van der Waals surface area contributed by atoms with Crippen LogP contribution in [0.3, 0.4) is 0 Å². The van der Waals surface area contributed by atoms with E-state index in [9.17, 15) is 33.9 Å². The molecule has 0 aromatic heterocycles. The lowest BCUT2D eigenvalue weighted by molar-refractivity contribution is -0.165. The Kier molecular flexibility index (Phi) is 47.6. The molecule has 0 radical (unpaired) electrons. The van der Waals surface area contributed by atoms with Crippen LogP contribution < -0.4 is 0 Å². The molecule has 2 N–H and O–H groups in total. The Morgan fingerprint density at radius 1 is 0.557 bits per heavy atom. The molecule has 0 saturated heterocycles. The average Bonchev–Trinajstić information content (AvgIpc) is 3.13. The molecule has 0 spiro atoms. The van der Waals surface area contributed by atoms with E-state index in [2.05, 4.69) is 24.5 Å². The molecule has 2 unspecified atom stereocenters. The molecule has 0 aliphatic carbocycles. The lowest BCUT2D eigenvalue weighted by Crippen LogP contribution is -2.43. The highest BCUT2D eigenvalue weighted by atomic mass is 31.0. The van der Waals surface area contributed by atoms with Crippen molar-refractivity contribution in [3.05, 3.63) is 108 Å². The van der Waals surface area contributed by atoms with Crippen LogP contribution in [0.4, 0.5) is 0 Å². The summed E-state index contributed by atoms with van der Waals surface area (Å²) in [6.45, 7) is 23.5. The maximum absolute atomic E-state index is 12.8. The monoisotopic (exact) mass is 884 g/mol. The molecule has 61 heavy (non-hydrogen) atoms. The number of benzene rings is 2. The zero-order chi connectivity index (χ0) is 42.3. The van der Waals surface area contributed by atoms with E-state index in [0.717, 1.165) is 11.1 Å². The first-order valence-electron chi connectivity index (χ1n) is 16.9. The molecule has 2 atom stereocenters. The number of methoxy groups -OCH3 is 2. The highest BCUT2D eigenvalue weighted by Crippen LogP contribution is 2.45. The number of carboxylic acids is 2. The van der Waals surface area contributed by atoms with Crippen LogP contribution in [0.15, 0.2) is 97.1 Å². The number of carbonyl (C=O) groups excluding carboxylic acids is 4. The molecule has 2 aromatic rings. The zero-order valence-corrected chi connectivity index (χ0v) is 35.1. The quantitative estimate of drug-likeness (QED) is 0.0749. The Balaban J connectivity index is -0.0000000982. The molecule has 0 bridgehead atoms. The van der Waals surface area contributed by atoms with Crippen molar-refractivity contribution in [2.24, 2.45) is 16.2 Å². The summed E-state index contributed by atoms with van der Waals surface area (Å²) in [6, 6.07) is 18.9. The van der Waals surface area contributed by atoms with Crippen molar-refractivity contribution >= 4 is 45.7 Å². The van der Waals surface area contributed by atoms with Crippen LogP contribution in [-0.2, 0) is 60.9 Å². The van der Waals surface area contributed by atoms with E-state index in [1.807, 2.05) is 67.6 Å². The van der Waals surface area contributed by atoms with E-state index in [0.29, 0.717) is 24.2 Å². The minimum absolute atomic E-state index is 0. The molecule has 0 aliphatic heterocycles. The van der Waals surface area contributed by atoms with Crippen LogP contribution in [0.5, 0.6) is 0 Å². The molecule has 0 amide bonds. The van der Waals surface area contributed by atoms with Crippen molar-refractivity contribution in [1.82, 2.24) is 0 Å². The number of hydrogen-bond acceptors (Lipinski definition) is 10. The molecule has 13 heteroatoms. The predicted octanol–water partition coefficient (Wildman–Crippen LogP) is 12.0. The van der Waals surface area contributed by atoms with Gasteiger partial charge in [-0.05, 0) is 78.9 Å². The summed E-state index contributed by atoms with van der Waals surface area (Å²) < 4.78 is 19.5. The van der Waals surface area contributed by atoms with Gasteiger partial charge in [0.05, 0.1) is 30.5 Å². The van der Waals surface area contributed by atoms with Crippen molar-refractivity contribution in [3.8, 4) is 0 Å². The minimum Gasteiger partial charge on any atom is -0.577 e. The van der Waals surface area contributed by atoms with Gasteiger partial charge in [0.2, 0.25) is 0 Å². The van der Waals surface area contributed by atoms with Crippen LogP contribution >= 0.6 is 9.90 Å². The largest absolute Gasteiger partial charge is 0.577 e. The summed E-state index contributed by atoms with van der Waals surface area (Å²) in [7, 11) is 2.61. The second kappa shape index (κ2) is 37.9. The third kappa shape index (κ3) is 31.5. The molecule has 2 rings (SSSR count). The van der Waals surface area contributed by atoms with Crippen molar-refractivity contribution in [2.75, 3.05) is 14.2 Å². The topological polar surface area (TPSA) is 180 Å². The molecule has 0 fully saturated rings. The molecular formula is C48H84O12P-. The molecule has 354 valence electrons. The van der Waals surface area contributed by atoms with Gasteiger partial charge in [0, 0.05) is 16.7 Å². The number of hydrogen-bond donors (Lipinski definition) is 2. The van der Waals surface area contributed by atoms with Crippen molar-refractivity contribution in [2.45, 2.75) is 132 Å². The first kappa shape index (κ1) is 76.6. The Labute approximate surface area is 373 Å². The lowest BCUT2D eigenvalue weighted by atomic mass is 9.65. The first-order valence-corrected chi connectivity index (χ1v) is 16.9.